The highest BCUT2D eigenvalue weighted by Gasteiger charge is 2.52. The van der Waals surface area contributed by atoms with Crippen LogP contribution in [0.5, 0.6) is 0 Å². The number of benzene rings is 1. The number of halogens is 3. The average molecular weight is 370 g/mol. The lowest BCUT2D eigenvalue weighted by Gasteiger charge is -2.13. The number of carbonyl (C=O) groups is 1. The molecule has 132 valence electrons. The molecule has 25 heavy (non-hydrogen) atoms. The van der Waals surface area contributed by atoms with Crippen LogP contribution >= 0.6 is 11.3 Å². The minimum atomic E-state index is -4.78. The fourth-order valence-electron chi connectivity index (χ4n) is 2.46. The van der Waals surface area contributed by atoms with Crippen LogP contribution in [0.1, 0.15) is 6.92 Å². The quantitative estimate of drug-likeness (QED) is 0.841. The molecule has 0 spiro atoms. The lowest BCUT2D eigenvalue weighted by atomic mass is 9.98. The van der Waals surface area contributed by atoms with Crippen LogP contribution in [0.25, 0.3) is 10.2 Å². The number of anilines is 1. The molecule has 2 heterocycles. The first-order valence-electron chi connectivity index (χ1n) is 7.30. The lowest BCUT2D eigenvalue weighted by Crippen LogP contribution is -2.37. The number of alkyl halides is 3. The van der Waals surface area contributed by atoms with E-state index in [1.54, 1.807) is 24.3 Å². The van der Waals surface area contributed by atoms with Crippen molar-refractivity contribution in [3.63, 3.8) is 0 Å². The minimum Gasteiger partial charge on any atom is -0.394 e. The van der Waals surface area contributed by atoms with Gasteiger partial charge in [0.15, 0.2) is 5.71 Å². The molecular formula is C15H13F3N4O2S. The summed E-state index contributed by atoms with van der Waals surface area (Å²) in [5, 5.41) is 13.1. The van der Waals surface area contributed by atoms with Gasteiger partial charge in [-0.2, -0.15) is 23.3 Å². The molecular weight excluding hydrogens is 357 g/mol. The van der Waals surface area contributed by atoms with Crippen LogP contribution < -0.4 is 5.01 Å². The van der Waals surface area contributed by atoms with Crippen molar-refractivity contribution >= 4 is 44.0 Å². The van der Waals surface area contributed by atoms with E-state index in [0.717, 1.165) is 16.0 Å². The number of aliphatic hydroxyl groups is 1. The Balaban J connectivity index is 2.03. The number of fused-ring (bicyclic) bond motifs is 1. The molecule has 1 N–H and O–H groups in total. The molecule has 6 nitrogen and oxygen atoms in total. The topological polar surface area (TPSA) is 78.2 Å². The van der Waals surface area contributed by atoms with Gasteiger partial charge in [-0.1, -0.05) is 23.5 Å². The highest BCUT2D eigenvalue weighted by molar-refractivity contribution is 7.22. The van der Waals surface area contributed by atoms with Gasteiger partial charge in [0, 0.05) is 5.71 Å². The van der Waals surface area contributed by atoms with Crippen LogP contribution in [0, 0.1) is 5.92 Å². The molecule has 1 unspecified atom stereocenters. The molecule has 0 aliphatic carbocycles. The summed E-state index contributed by atoms with van der Waals surface area (Å²) in [7, 11) is 0. The second-order valence-corrected chi connectivity index (χ2v) is 6.29. The molecule has 1 aliphatic heterocycles. The molecule has 1 aromatic heterocycles. The third kappa shape index (κ3) is 3.27. The van der Waals surface area contributed by atoms with Crippen LogP contribution in [0.2, 0.25) is 0 Å². The van der Waals surface area contributed by atoms with E-state index in [4.69, 9.17) is 5.11 Å². The number of hydrogen-bond acceptors (Lipinski definition) is 6. The first-order valence-corrected chi connectivity index (χ1v) is 8.11. The van der Waals surface area contributed by atoms with E-state index in [2.05, 4.69) is 15.1 Å². The van der Waals surface area contributed by atoms with Gasteiger partial charge in [0.2, 0.25) is 5.13 Å². The summed E-state index contributed by atoms with van der Waals surface area (Å²) in [6.07, 6.45) is -4.78. The summed E-state index contributed by atoms with van der Waals surface area (Å²) in [4.78, 5) is 20.6. The molecule has 2 aromatic rings. The molecule has 0 radical (unpaired) electrons. The number of aliphatic imine (C=N–C) groups is 1. The van der Waals surface area contributed by atoms with Crippen molar-refractivity contribution < 1.29 is 23.1 Å². The Hall–Kier alpha value is -2.33. The van der Waals surface area contributed by atoms with Gasteiger partial charge in [0.25, 0.3) is 5.91 Å². The van der Waals surface area contributed by atoms with Gasteiger partial charge in [-0.05, 0) is 19.1 Å². The van der Waals surface area contributed by atoms with Gasteiger partial charge in [-0.15, -0.1) is 0 Å². The molecule has 10 heteroatoms. The monoisotopic (exact) mass is 370 g/mol. The number of hydrogen-bond donors (Lipinski definition) is 1. The molecule has 0 bridgehead atoms. The van der Waals surface area contributed by atoms with E-state index >= 15 is 0 Å². The SMILES string of the molecule is CC(=NCCO)C1C(=O)N(c2nc3ccccc3s2)N=C1C(F)(F)F. The van der Waals surface area contributed by atoms with Crippen molar-refractivity contribution in [1.82, 2.24) is 4.98 Å². The summed E-state index contributed by atoms with van der Waals surface area (Å²) in [6.45, 7) is 0.918. The first-order chi connectivity index (χ1) is 11.8. The number of hydrazone groups is 1. The first kappa shape index (κ1) is 17.5. The largest absolute Gasteiger partial charge is 0.432 e. The number of nitrogens with zero attached hydrogens (tertiary/aromatic N) is 4. The maximum Gasteiger partial charge on any atom is 0.432 e. The number of aliphatic hydroxyl groups excluding tert-OH is 1. The van der Waals surface area contributed by atoms with Gasteiger partial charge in [-0.3, -0.25) is 9.79 Å². The van der Waals surface area contributed by atoms with E-state index in [9.17, 15) is 18.0 Å². The zero-order valence-corrected chi connectivity index (χ0v) is 13.8. The number of para-hydroxylation sites is 1. The van der Waals surface area contributed by atoms with Gasteiger partial charge in [0.05, 0.1) is 23.4 Å². The van der Waals surface area contributed by atoms with Crippen molar-refractivity contribution in [1.29, 1.82) is 0 Å². The third-order valence-corrected chi connectivity index (χ3v) is 4.58. The van der Waals surface area contributed by atoms with Crippen LogP contribution in [0.15, 0.2) is 34.4 Å². The summed E-state index contributed by atoms with van der Waals surface area (Å²) >= 11 is 1.08. The number of amides is 1. The lowest BCUT2D eigenvalue weighted by molar-refractivity contribution is -0.119. The summed E-state index contributed by atoms with van der Waals surface area (Å²) < 4.78 is 40.7. The molecule has 0 saturated carbocycles. The van der Waals surface area contributed by atoms with Crippen molar-refractivity contribution in [3.8, 4) is 0 Å². The Labute approximate surface area is 144 Å². The fourth-order valence-corrected chi connectivity index (χ4v) is 3.38. The Kier molecular flexibility index (Phi) is 4.56. The van der Waals surface area contributed by atoms with Crippen molar-refractivity contribution in [2.75, 3.05) is 18.2 Å². The average Bonchev–Trinajstić information content (AvgIpc) is 3.12. The zero-order valence-electron chi connectivity index (χ0n) is 13.0. The van der Waals surface area contributed by atoms with Gasteiger partial charge < -0.3 is 5.11 Å². The Morgan fingerprint density at radius 3 is 2.76 bits per heavy atom. The standard InChI is InChI=1S/C15H13F3N4O2S/c1-8(19-6-7-23)11-12(15(16,17)18)21-22(13(11)24)14-20-9-4-2-3-5-10(9)25-14/h2-5,11,23H,6-7H2,1H3. The predicted octanol–water partition coefficient (Wildman–Crippen LogP) is 2.63. The maximum atomic E-state index is 13.3. The van der Waals surface area contributed by atoms with E-state index in [0.29, 0.717) is 10.5 Å². The van der Waals surface area contributed by atoms with E-state index in [1.807, 2.05) is 0 Å². The smallest absolute Gasteiger partial charge is 0.394 e. The fraction of sp³-hybridized carbons (Fsp3) is 0.333. The van der Waals surface area contributed by atoms with Crippen LogP contribution in [-0.2, 0) is 4.79 Å². The number of rotatable bonds is 4. The molecule has 3 rings (SSSR count). The Morgan fingerprint density at radius 2 is 2.12 bits per heavy atom. The van der Waals surface area contributed by atoms with E-state index in [-0.39, 0.29) is 24.0 Å². The summed E-state index contributed by atoms with van der Waals surface area (Å²) in [6, 6.07) is 6.98. The minimum absolute atomic E-state index is 0.0428. The number of carbonyl (C=O) groups excluding carboxylic acids is 1. The van der Waals surface area contributed by atoms with Gasteiger partial charge in [0.1, 0.15) is 5.92 Å². The summed E-state index contributed by atoms with van der Waals surface area (Å²) in [5.41, 5.74) is -0.692. The second kappa shape index (κ2) is 6.52. The van der Waals surface area contributed by atoms with Crippen LogP contribution in [-0.4, -0.2) is 46.7 Å². The molecule has 0 fully saturated rings. The summed E-state index contributed by atoms with van der Waals surface area (Å²) in [5.74, 6) is -2.48. The molecule has 1 aromatic carbocycles. The second-order valence-electron chi connectivity index (χ2n) is 5.28. The van der Waals surface area contributed by atoms with Gasteiger partial charge in [-0.25, -0.2) is 4.98 Å². The number of thiazole rings is 1. The van der Waals surface area contributed by atoms with Gasteiger partial charge >= 0.3 is 6.18 Å². The van der Waals surface area contributed by atoms with Crippen LogP contribution in [0.4, 0.5) is 18.3 Å². The van der Waals surface area contributed by atoms with E-state index < -0.39 is 23.7 Å². The highest BCUT2D eigenvalue weighted by atomic mass is 32.1. The predicted molar refractivity (Wildman–Crippen MR) is 89.1 cm³/mol. The molecule has 1 amide bonds. The molecule has 1 aliphatic rings. The Bertz CT molecular complexity index is 842. The highest BCUT2D eigenvalue weighted by Crippen LogP contribution is 2.36. The van der Waals surface area contributed by atoms with Crippen molar-refractivity contribution in [2.24, 2.45) is 16.0 Å². The molecule has 0 saturated heterocycles. The normalized spacial score (nSPS) is 19.0. The molecule has 1 atom stereocenters. The number of aromatic nitrogens is 1. The van der Waals surface area contributed by atoms with Crippen molar-refractivity contribution in [3.05, 3.63) is 24.3 Å². The maximum absolute atomic E-state index is 13.3. The Morgan fingerprint density at radius 1 is 1.40 bits per heavy atom. The van der Waals surface area contributed by atoms with Crippen LogP contribution in [0.3, 0.4) is 0 Å². The van der Waals surface area contributed by atoms with Crippen molar-refractivity contribution in [2.45, 2.75) is 13.1 Å². The zero-order chi connectivity index (χ0) is 18.2. The third-order valence-electron chi connectivity index (χ3n) is 3.57. The van der Waals surface area contributed by atoms with E-state index in [1.165, 1.54) is 6.92 Å².